The summed E-state index contributed by atoms with van der Waals surface area (Å²) in [5.41, 5.74) is -0.491. The normalized spacial score (nSPS) is 25.5. The average molecular weight is 255 g/mol. The van der Waals surface area contributed by atoms with E-state index in [1.807, 2.05) is 41.5 Å². The van der Waals surface area contributed by atoms with Crippen LogP contribution in [0.1, 0.15) is 41.5 Å². The molecule has 0 aliphatic carbocycles. The molecule has 104 valence electrons. The second-order valence-corrected chi connectivity index (χ2v) is 6.54. The maximum absolute atomic E-state index is 12.0. The summed E-state index contributed by atoms with van der Waals surface area (Å²) in [6.45, 7) is 12.4. The van der Waals surface area contributed by atoms with Crippen LogP contribution in [0.3, 0.4) is 0 Å². The Morgan fingerprint density at radius 1 is 1.33 bits per heavy atom. The SMILES string of the molecule is CC1CN(C(=O)OC(C)(C)C)CC(C(C)C)C1=O. The van der Waals surface area contributed by atoms with Gasteiger partial charge in [0.15, 0.2) is 0 Å². The number of Topliss-reactive ketones (excluding diaryl/α,β-unsaturated/α-hetero) is 1. The molecule has 4 nitrogen and oxygen atoms in total. The fourth-order valence-corrected chi connectivity index (χ4v) is 2.20. The zero-order chi connectivity index (χ0) is 14.1. The molecule has 1 aliphatic heterocycles. The van der Waals surface area contributed by atoms with Crippen molar-refractivity contribution in [3.63, 3.8) is 0 Å². The first-order valence-corrected chi connectivity index (χ1v) is 6.63. The average Bonchev–Trinajstić information content (AvgIpc) is 2.18. The lowest BCUT2D eigenvalue weighted by atomic mass is 9.82. The quantitative estimate of drug-likeness (QED) is 0.723. The number of nitrogens with zero attached hydrogens (tertiary/aromatic N) is 1. The molecule has 1 heterocycles. The first-order chi connectivity index (χ1) is 8.11. The molecule has 0 N–H and O–H groups in total. The summed E-state index contributed by atoms with van der Waals surface area (Å²) in [7, 11) is 0. The maximum atomic E-state index is 12.0. The molecular weight excluding hydrogens is 230 g/mol. The predicted octanol–water partition coefficient (Wildman–Crippen LogP) is 2.71. The van der Waals surface area contributed by atoms with Gasteiger partial charge < -0.3 is 9.64 Å². The minimum atomic E-state index is -0.491. The highest BCUT2D eigenvalue weighted by molar-refractivity contribution is 5.86. The van der Waals surface area contributed by atoms with Crippen molar-refractivity contribution in [2.75, 3.05) is 13.1 Å². The standard InChI is InChI=1S/C14H25NO3/c1-9(2)11-8-15(7-10(3)12(11)16)13(17)18-14(4,5)6/h9-11H,7-8H2,1-6H3. The van der Waals surface area contributed by atoms with Crippen molar-refractivity contribution >= 4 is 11.9 Å². The lowest BCUT2D eigenvalue weighted by Crippen LogP contribution is -2.51. The number of ether oxygens (including phenoxy) is 1. The van der Waals surface area contributed by atoms with E-state index >= 15 is 0 Å². The van der Waals surface area contributed by atoms with E-state index in [2.05, 4.69) is 0 Å². The van der Waals surface area contributed by atoms with Crippen LogP contribution in [0.25, 0.3) is 0 Å². The van der Waals surface area contributed by atoms with Crippen molar-refractivity contribution in [1.82, 2.24) is 4.90 Å². The highest BCUT2D eigenvalue weighted by Gasteiger charge is 2.37. The van der Waals surface area contributed by atoms with Gasteiger partial charge in [-0.2, -0.15) is 0 Å². The molecule has 1 rings (SSSR count). The summed E-state index contributed by atoms with van der Waals surface area (Å²) in [5, 5.41) is 0. The second kappa shape index (κ2) is 5.29. The third kappa shape index (κ3) is 3.72. The van der Waals surface area contributed by atoms with E-state index in [0.717, 1.165) is 0 Å². The van der Waals surface area contributed by atoms with Gasteiger partial charge in [-0.15, -0.1) is 0 Å². The molecule has 0 radical (unpaired) electrons. The van der Waals surface area contributed by atoms with Gasteiger partial charge in [0.05, 0.1) is 0 Å². The summed E-state index contributed by atoms with van der Waals surface area (Å²) >= 11 is 0. The lowest BCUT2D eigenvalue weighted by Gasteiger charge is -2.37. The Labute approximate surface area is 110 Å². The Hall–Kier alpha value is -1.06. The highest BCUT2D eigenvalue weighted by Crippen LogP contribution is 2.25. The fraction of sp³-hybridized carbons (Fsp3) is 0.857. The number of carbonyl (C=O) groups excluding carboxylic acids is 2. The zero-order valence-corrected chi connectivity index (χ0v) is 12.3. The molecule has 0 spiro atoms. The van der Waals surface area contributed by atoms with Crippen LogP contribution in [-0.2, 0) is 9.53 Å². The van der Waals surface area contributed by atoms with E-state index in [1.54, 1.807) is 4.90 Å². The van der Waals surface area contributed by atoms with Crippen LogP contribution in [0.2, 0.25) is 0 Å². The maximum Gasteiger partial charge on any atom is 0.410 e. The number of hydrogen-bond acceptors (Lipinski definition) is 3. The van der Waals surface area contributed by atoms with Crippen LogP contribution in [0.15, 0.2) is 0 Å². The number of hydrogen-bond donors (Lipinski definition) is 0. The van der Waals surface area contributed by atoms with Crippen LogP contribution in [-0.4, -0.2) is 35.5 Å². The topological polar surface area (TPSA) is 46.6 Å². The van der Waals surface area contributed by atoms with Gasteiger partial charge in [0.25, 0.3) is 0 Å². The Bertz CT molecular complexity index is 330. The summed E-state index contributed by atoms with van der Waals surface area (Å²) in [5.74, 6) is 0.356. The number of carbonyl (C=O) groups is 2. The third-order valence-corrected chi connectivity index (χ3v) is 3.22. The molecule has 1 amide bonds. The second-order valence-electron chi connectivity index (χ2n) is 6.54. The number of ketones is 1. The molecule has 0 aromatic heterocycles. The molecule has 0 aromatic rings. The highest BCUT2D eigenvalue weighted by atomic mass is 16.6. The monoisotopic (exact) mass is 255 g/mol. The van der Waals surface area contributed by atoms with Crippen molar-refractivity contribution in [2.45, 2.75) is 47.1 Å². The fourth-order valence-electron chi connectivity index (χ4n) is 2.20. The van der Waals surface area contributed by atoms with Crippen molar-refractivity contribution < 1.29 is 14.3 Å². The molecule has 4 heteroatoms. The molecule has 2 atom stereocenters. The molecule has 1 fully saturated rings. The number of likely N-dealkylation sites (tertiary alicyclic amines) is 1. The van der Waals surface area contributed by atoms with E-state index in [1.165, 1.54) is 0 Å². The predicted molar refractivity (Wildman–Crippen MR) is 70.3 cm³/mol. The molecular formula is C14H25NO3. The Kier molecular flexibility index (Phi) is 4.41. The minimum Gasteiger partial charge on any atom is -0.444 e. The molecule has 0 saturated carbocycles. The van der Waals surface area contributed by atoms with Crippen LogP contribution >= 0.6 is 0 Å². The van der Waals surface area contributed by atoms with Crippen LogP contribution in [0, 0.1) is 17.8 Å². The number of rotatable bonds is 1. The minimum absolute atomic E-state index is 0.0683. The van der Waals surface area contributed by atoms with E-state index in [0.29, 0.717) is 13.1 Å². The summed E-state index contributed by atoms with van der Waals surface area (Å²) < 4.78 is 5.36. The Balaban J connectivity index is 2.74. The molecule has 1 aliphatic rings. The van der Waals surface area contributed by atoms with Gasteiger partial charge in [0, 0.05) is 24.9 Å². The van der Waals surface area contributed by atoms with Crippen molar-refractivity contribution in [3.8, 4) is 0 Å². The molecule has 1 saturated heterocycles. The molecule has 18 heavy (non-hydrogen) atoms. The first-order valence-electron chi connectivity index (χ1n) is 6.63. The van der Waals surface area contributed by atoms with Gasteiger partial charge in [-0.25, -0.2) is 4.79 Å². The summed E-state index contributed by atoms with van der Waals surface area (Å²) in [6, 6.07) is 0. The zero-order valence-electron chi connectivity index (χ0n) is 12.3. The van der Waals surface area contributed by atoms with Crippen LogP contribution in [0.5, 0.6) is 0 Å². The van der Waals surface area contributed by atoms with E-state index in [4.69, 9.17) is 4.74 Å². The first kappa shape index (κ1) is 15.0. The summed E-state index contributed by atoms with van der Waals surface area (Å²) in [4.78, 5) is 25.7. The molecule has 2 unspecified atom stereocenters. The van der Waals surface area contributed by atoms with E-state index in [9.17, 15) is 9.59 Å². The molecule has 0 bridgehead atoms. The van der Waals surface area contributed by atoms with Gasteiger partial charge in [0.2, 0.25) is 0 Å². The summed E-state index contributed by atoms with van der Waals surface area (Å²) in [6.07, 6.45) is -0.312. The Morgan fingerprint density at radius 3 is 2.33 bits per heavy atom. The Morgan fingerprint density at radius 2 is 1.89 bits per heavy atom. The van der Waals surface area contributed by atoms with E-state index in [-0.39, 0.29) is 29.6 Å². The van der Waals surface area contributed by atoms with Gasteiger partial charge in [-0.1, -0.05) is 20.8 Å². The van der Waals surface area contributed by atoms with Gasteiger partial charge in [-0.3, -0.25) is 4.79 Å². The lowest BCUT2D eigenvalue weighted by molar-refractivity contribution is -0.132. The van der Waals surface area contributed by atoms with Gasteiger partial charge in [0.1, 0.15) is 11.4 Å². The smallest absolute Gasteiger partial charge is 0.410 e. The van der Waals surface area contributed by atoms with Crippen molar-refractivity contribution in [1.29, 1.82) is 0 Å². The van der Waals surface area contributed by atoms with Crippen LogP contribution in [0.4, 0.5) is 4.79 Å². The van der Waals surface area contributed by atoms with Gasteiger partial charge in [-0.05, 0) is 26.7 Å². The molecule has 0 aromatic carbocycles. The van der Waals surface area contributed by atoms with Gasteiger partial charge >= 0.3 is 6.09 Å². The van der Waals surface area contributed by atoms with Crippen molar-refractivity contribution in [3.05, 3.63) is 0 Å². The van der Waals surface area contributed by atoms with Crippen LogP contribution < -0.4 is 0 Å². The third-order valence-electron chi connectivity index (χ3n) is 3.22. The van der Waals surface area contributed by atoms with E-state index < -0.39 is 5.60 Å². The number of amides is 1. The largest absolute Gasteiger partial charge is 0.444 e. The van der Waals surface area contributed by atoms with Crippen molar-refractivity contribution in [2.24, 2.45) is 17.8 Å². The number of piperidine rings is 1.